The third-order valence-electron chi connectivity index (χ3n) is 27.3. The van der Waals surface area contributed by atoms with Gasteiger partial charge in [-0.15, -0.1) is 0 Å². The molecule has 0 bridgehead atoms. The Hall–Kier alpha value is -14.0. The van der Waals surface area contributed by atoms with Gasteiger partial charge in [0.15, 0.2) is 0 Å². The van der Waals surface area contributed by atoms with Gasteiger partial charge in [-0.2, -0.15) is 23.5 Å². The number of aromatic amines is 4. The van der Waals surface area contributed by atoms with Gasteiger partial charge in [-0.05, 0) is 235 Å². The first-order valence-electron chi connectivity index (χ1n) is 49.1. The molecule has 6 saturated heterocycles. The smallest absolute Gasteiger partial charge is 0.410 e. The molecule has 6 aliphatic rings. The van der Waals surface area contributed by atoms with Crippen molar-refractivity contribution >= 4 is 99.2 Å². The number of hydrogen-bond acceptors (Lipinski definition) is 20. The molecule has 744 valence electrons. The molecule has 0 unspecified atom stereocenters. The molecule has 0 aliphatic carbocycles. The van der Waals surface area contributed by atoms with Crippen molar-refractivity contribution in [2.45, 2.75) is 193 Å². The summed E-state index contributed by atoms with van der Waals surface area (Å²) >= 11 is 3.70. The molecule has 0 spiro atoms. The Morgan fingerprint density at radius 3 is 1.04 bits per heavy atom. The first kappa shape index (κ1) is 101. The number of carbonyl (C=O) groups is 9. The number of methoxy groups -OCH3 is 2. The maximum absolute atomic E-state index is 14.4. The molecule has 8 atom stereocenters. The fraction of sp³-hybridized carbons (Fsp3) is 0.404. The Balaban J connectivity index is 0.000000172. The number of nitrogens with one attached hydrogen (secondary N) is 8. The number of carboxylic acids is 1. The number of hydrogen-bond donors (Lipinski definition) is 9. The van der Waals surface area contributed by atoms with Crippen LogP contribution in [0.1, 0.15) is 184 Å². The number of carbonyl (C=O) groups excluding carboxylic acids is 8. The van der Waals surface area contributed by atoms with Crippen molar-refractivity contribution in [1.29, 1.82) is 0 Å². The van der Waals surface area contributed by atoms with Crippen LogP contribution in [0.2, 0.25) is 0 Å². The van der Waals surface area contributed by atoms with Crippen molar-refractivity contribution in [3.8, 4) is 67.3 Å². The van der Waals surface area contributed by atoms with Crippen molar-refractivity contribution in [3.05, 3.63) is 241 Å². The molecule has 0 radical (unpaired) electrons. The van der Waals surface area contributed by atoms with E-state index in [1.807, 2.05) is 172 Å². The summed E-state index contributed by atoms with van der Waals surface area (Å²) in [5, 5.41) is 24.6. The molecular formula is C109H126N16O15S2. The van der Waals surface area contributed by atoms with Crippen molar-refractivity contribution in [1.82, 2.24) is 80.7 Å². The van der Waals surface area contributed by atoms with E-state index < -0.39 is 60.1 Å². The van der Waals surface area contributed by atoms with Gasteiger partial charge in [0, 0.05) is 37.3 Å². The van der Waals surface area contributed by atoms with Gasteiger partial charge >= 0.3 is 36.4 Å². The van der Waals surface area contributed by atoms with Gasteiger partial charge in [0.25, 0.3) is 0 Å². The largest absolute Gasteiger partial charge is 0.480 e. The van der Waals surface area contributed by atoms with E-state index in [4.69, 9.17) is 38.6 Å². The van der Waals surface area contributed by atoms with Crippen LogP contribution in [0.5, 0.6) is 0 Å². The highest BCUT2D eigenvalue weighted by Crippen LogP contribution is 2.42. The fourth-order valence-electron chi connectivity index (χ4n) is 19.6. The maximum atomic E-state index is 14.4. The average molecular weight is 1960 g/mol. The van der Waals surface area contributed by atoms with E-state index in [1.54, 1.807) is 4.90 Å². The zero-order valence-electron chi connectivity index (χ0n) is 81.7. The first-order chi connectivity index (χ1) is 68.7. The van der Waals surface area contributed by atoms with E-state index in [-0.39, 0.29) is 84.9 Å². The number of thioether (sulfide) groups is 2. The normalized spacial score (nSPS) is 18.1. The Labute approximate surface area is 835 Å². The predicted molar refractivity (Wildman–Crippen MR) is 548 cm³/mol. The molecule has 0 saturated carbocycles. The number of fused-ring (bicyclic) bond motifs is 2. The molecule has 18 rings (SSSR count). The summed E-state index contributed by atoms with van der Waals surface area (Å²) in [6.45, 7) is 16.0. The number of rotatable bonds is 26. The summed E-state index contributed by atoms with van der Waals surface area (Å²) in [5.41, 5.74) is 13.2. The molecule has 142 heavy (non-hydrogen) atoms. The van der Waals surface area contributed by atoms with Crippen molar-refractivity contribution in [3.63, 3.8) is 0 Å². The van der Waals surface area contributed by atoms with E-state index >= 15 is 0 Å². The van der Waals surface area contributed by atoms with E-state index in [9.17, 15) is 48.3 Å². The molecule has 10 heterocycles. The molecule has 31 nitrogen and oxygen atoms in total. The number of imidazole rings is 4. The third-order valence-corrected chi connectivity index (χ3v) is 29.4. The van der Waals surface area contributed by atoms with Crippen molar-refractivity contribution in [2.24, 2.45) is 23.7 Å². The molecule has 6 aliphatic heterocycles. The number of ether oxygens (including phenoxy) is 5. The zero-order valence-corrected chi connectivity index (χ0v) is 83.3. The van der Waals surface area contributed by atoms with E-state index in [0.29, 0.717) is 26.2 Å². The van der Waals surface area contributed by atoms with Crippen LogP contribution in [-0.2, 0) is 56.1 Å². The first-order valence-corrected chi connectivity index (χ1v) is 51.4. The lowest BCUT2D eigenvalue weighted by molar-refractivity contribution is -0.141. The highest BCUT2D eigenvalue weighted by molar-refractivity contribution is 7.99. The Morgan fingerprint density at radius 1 is 0.380 bits per heavy atom. The molecule has 33 heteroatoms. The number of benzene rings is 8. The quantitative estimate of drug-likeness (QED) is 0.0227. The predicted octanol–water partition coefficient (Wildman–Crippen LogP) is 20.3. The van der Waals surface area contributed by atoms with Gasteiger partial charge in [0.2, 0.25) is 17.7 Å². The Morgan fingerprint density at radius 2 is 0.690 bits per heavy atom. The Bertz CT molecular complexity index is 6390. The van der Waals surface area contributed by atoms with Gasteiger partial charge in [0.1, 0.15) is 66.3 Å². The van der Waals surface area contributed by atoms with E-state index in [1.165, 1.54) is 14.2 Å². The van der Waals surface area contributed by atoms with Gasteiger partial charge < -0.3 is 84.7 Å². The Kier molecular flexibility index (Phi) is 33.2. The summed E-state index contributed by atoms with van der Waals surface area (Å²) in [6, 6.07) is 57.6. The number of likely N-dealkylation sites (tertiary alicyclic amines) is 4. The minimum atomic E-state index is -0.997. The molecule has 9 N–H and O–H groups in total. The fourth-order valence-corrected chi connectivity index (χ4v) is 21.9. The van der Waals surface area contributed by atoms with Crippen LogP contribution in [0.15, 0.2) is 207 Å². The summed E-state index contributed by atoms with van der Waals surface area (Å²) in [4.78, 5) is 155. The SMILES string of the molecule is COC(=O)N[C@H](C(=O)N1CCC[C@H]1c1ncc(-c2ccc3cc(-c4ccc(-c5cnc([C@@H]6CCCN6C(=O)OC(C)(C)C)[nH]5)cc4)ccc3c2)[nH]1)C(C)C.COC(=O)N[C@H](C(=O)N1CCC[C@H]1c1ncc(-c2ccc3cc(-c4ccc(-c5cnc([C@@H]6CCCN6C(=O)[C@H](NC(=O)OCc6ccccc6)C6CCSCC6)[nH]5)cc4)ccc3c2)[nH]1)C(C)C.O=C(N[C@@H](C(=O)O)C1CCSCC1)OCc1ccccc1. The summed E-state index contributed by atoms with van der Waals surface area (Å²) < 4.78 is 25.8. The van der Waals surface area contributed by atoms with E-state index in [0.717, 1.165) is 223 Å². The summed E-state index contributed by atoms with van der Waals surface area (Å²) in [6.07, 6.45) is 14.5. The number of carboxylic acid groups (broad SMARTS) is 1. The second-order valence-electron chi connectivity index (χ2n) is 38.7. The molecule has 4 aromatic heterocycles. The van der Waals surface area contributed by atoms with Gasteiger partial charge in [0.05, 0.1) is 86.0 Å². The number of nitrogens with zero attached hydrogens (tertiary/aromatic N) is 8. The molecule has 12 aromatic rings. The molecule has 8 aromatic carbocycles. The van der Waals surface area contributed by atoms with Crippen LogP contribution in [-0.4, -0.2) is 212 Å². The van der Waals surface area contributed by atoms with Crippen molar-refractivity contribution in [2.75, 3.05) is 63.4 Å². The standard InChI is InChI=1S/C52H58N8O6S.C42H49N7O5.C15H19NO4S/c1-32(2)45(57-51(63)65-3)49(61)59-23-7-11-43(59)48-54-30-42(56-48)40-20-19-38-27-37(17-18-39(38)28-40)34-13-15-35(16-14-34)41-29-53-47(55-41)44-12-8-24-60(44)50(62)46(36-21-25-67-26-22-36)58-52(64)66-31-33-9-5-4-6-10-33;1-25(2)36(47-40(51)53-6)39(50)48-19-7-9-34(48)37-44-24-33(46-37)31-18-17-29-21-28(15-16-30(29)22-31)26-11-13-27(14-12-26)32-23-43-38(45-32)35-10-8-20-49(35)41(52)54-42(3,4)5;17-14(18)13(12-6-8-21-9-7-12)16-15(19)20-10-11-4-2-1-3-5-11/h4-6,9-10,13-20,27-30,32,36,43-46H,7-8,11-12,21-26,31H2,1-3H3,(H,53,55)(H,54,56)(H,57,63)(H,58,64);11-18,21-25,34-36H,7-10,19-20H2,1-6H3,(H,43,45)(H,44,46)(H,47,51);1-5,12-13H,6-10H2,(H,16,19)(H,17,18)/t43-,44-,45-,46+;34-,35-,36-;13-/m001/s1. The minimum absolute atomic E-state index is 0.0203. The number of amides is 8. The second kappa shape index (κ2) is 46.6. The number of aliphatic carboxylic acids is 1. The summed E-state index contributed by atoms with van der Waals surface area (Å²) in [5.74, 6) is 5.27. The molecular weight excluding hydrogens is 1840 g/mol. The molecule has 8 amide bonds. The van der Waals surface area contributed by atoms with Crippen LogP contribution >= 0.6 is 23.5 Å². The van der Waals surface area contributed by atoms with Gasteiger partial charge in [-0.3, -0.25) is 19.3 Å². The average Bonchev–Trinajstić information content (AvgIpc) is 1.69. The lowest BCUT2D eigenvalue weighted by Crippen LogP contribution is -2.53. The summed E-state index contributed by atoms with van der Waals surface area (Å²) in [7, 11) is 2.59. The minimum Gasteiger partial charge on any atom is -0.480 e. The van der Waals surface area contributed by atoms with Crippen LogP contribution in [0.25, 0.3) is 88.8 Å². The highest BCUT2D eigenvalue weighted by atomic mass is 32.2. The van der Waals surface area contributed by atoms with Crippen LogP contribution in [0.4, 0.5) is 24.0 Å². The number of alkyl carbamates (subject to hydrolysis) is 4. The van der Waals surface area contributed by atoms with Crippen LogP contribution in [0, 0.1) is 23.7 Å². The number of H-pyrrole nitrogens is 4. The van der Waals surface area contributed by atoms with E-state index in [2.05, 4.69) is 168 Å². The van der Waals surface area contributed by atoms with Gasteiger partial charge in [-0.1, -0.05) is 185 Å². The topological polar surface area (TPSA) is 396 Å². The van der Waals surface area contributed by atoms with Gasteiger partial charge in [-0.25, -0.2) is 48.7 Å². The highest BCUT2D eigenvalue weighted by Gasteiger charge is 2.44. The lowest BCUT2D eigenvalue weighted by Gasteiger charge is -2.34. The maximum Gasteiger partial charge on any atom is 0.410 e. The number of aromatic nitrogens is 8. The van der Waals surface area contributed by atoms with Crippen LogP contribution < -0.4 is 21.3 Å². The van der Waals surface area contributed by atoms with Crippen LogP contribution in [0.3, 0.4) is 0 Å². The lowest BCUT2D eigenvalue weighted by atomic mass is 9.92. The van der Waals surface area contributed by atoms with Crippen molar-refractivity contribution < 1.29 is 71.9 Å². The second-order valence-corrected chi connectivity index (χ2v) is 41.1. The third kappa shape index (κ3) is 25.0. The monoisotopic (exact) mass is 1960 g/mol. The zero-order chi connectivity index (χ0) is 99.7. The molecule has 6 fully saturated rings.